The van der Waals surface area contributed by atoms with E-state index in [2.05, 4.69) is 25.2 Å². The predicted octanol–water partition coefficient (Wildman–Crippen LogP) is 1.80. The van der Waals surface area contributed by atoms with Crippen molar-refractivity contribution in [2.24, 2.45) is 5.92 Å². The number of hydrogen-bond acceptors (Lipinski definition) is 2. The highest BCUT2D eigenvalue weighted by atomic mass is 14.9. The van der Waals surface area contributed by atoms with Crippen LogP contribution in [0, 0.1) is 17.2 Å². The molecule has 11 heavy (non-hydrogen) atoms. The molecule has 0 saturated carbocycles. The summed E-state index contributed by atoms with van der Waals surface area (Å²) in [5.74, 6) is 0.463. The fourth-order valence-electron chi connectivity index (χ4n) is 1.40. The Balaban J connectivity index is 2.84. The van der Waals surface area contributed by atoms with Crippen LogP contribution in [0.4, 0.5) is 0 Å². The Labute approximate surface area is 67.9 Å². The first kappa shape index (κ1) is 8.13. The van der Waals surface area contributed by atoms with Crippen molar-refractivity contribution in [3.63, 3.8) is 0 Å². The Morgan fingerprint density at radius 1 is 1.55 bits per heavy atom. The summed E-state index contributed by atoms with van der Waals surface area (Å²) in [4.78, 5) is 0. The van der Waals surface area contributed by atoms with Crippen LogP contribution >= 0.6 is 0 Å². The number of hydrogen-bond donors (Lipinski definition) is 1. The van der Waals surface area contributed by atoms with E-state index in [0.29, 0.717) is 5.92 Å². The van der Waals surface area contributed by atoms with Crippen LogP contribution in [0.3, 0.4) is 0 Å². The maximum absolute atomic E-state index is 8.76. The fraction of sp³-hybridized carbons (Fsp3) is 0.667. The Morgan fingerprint density at radius 2 is 2.27 bits per heavy atom. The third-order valence-corrected chi connectivity index (χ3v) is 1.96. The lowest BCUT2D eigenvalue weighted by molar-refractivity contribution is 0.586. The van der Waals surface area contributed by atoms with Crippen molar-refractivity contribution in [3.05, 3.63) is 11.3 Å². The van der Waals surface area contributed by atoms with E-state index in [0.717, 1.165) is 30.7 Å². The summed E-state index contributed by atoms with van der Waals surface area (Å²) in [5, 5.41) is 12.0. The largest absolute Gasteiger partial charge is 0.387 e. The minimum absolute atomic E-state index is 0.463. The third-order valence-electron chi connectivity index (χ3n) is 1.96. The molecule has 1 aliphatic heterocycles. The first-order valence-corrected chi connectivity index (χ1v) is 4.12. The summed E-state index contributed by atoms with van der Waals surface area (Å²) in [5.41, 5.74) is 2.10. The monoisotopic (exact) mass is 150 g/mol. The molecule has 0 amide bonds. The van der Waals surface area contributed by atoms with Crippen molar-refractivity contribution in [1.29, 1.82) is 5.26 Å². The summed E-state index contributed by atoms with van der Waals surface area (Å²) in [6.45, 7) is 5.26. The van der Waals surface area contributed by atoms with Gasteiger partial charge in [0.15, 0.2) is 0 Å². The minimum Gasteiger partial charge on any atom is -0.387 e. The molecule has 0 aromatic carbocycles. The van der Waals surface area contributed by atoms with Gasteiger partial charge < -0.3 is 5.32 Å². The van der Waals surface area contributed by atoms with Crippen LogP contribution < -0.4 is 5.32 Å². The molecule has 0 aromatic heterocycles. The molecule has 0 fully saturated rings. The molecule has 0 unspecified atom stereocenters. The first-order chi connectivity index (χ1) is 5.25. The van der Waals surface area contributed by atoms with E-state index in [1.54, 1.807) is 0 Å². The summed E-state index contributed by atoms with van der Waals surface area (Å²) in [7, 11) is 0. The molecule has 2 nitrogen and oxygen atoms in total. The standard InChI is InChI=1S/C9H14N2/c1-7(2)9-8(6-10)4-3-5-11-9/h7,11H,3-5H2,1-2H3. The summed E-state index contributed by atoms with van der Waals surface area (Å²) < 4.78 is 0. The predicted molar refractivity (Wildman–Crippen MR) is 44.7 cm³/mol. The Morgan fingerprint density at radius 3 is 2.73 bits per heavy atom. The van der Waals surface area contributed by atoms with Crippen LogP contribution in [0.15, 0.2) is 11.3 Å². The van der Waals surface area contributed by atoms with Crippen LogP contribution in [-0.4, -0.2) is 6.54 Å². The lowest BCUT2D eigenvalue weighted by atomic mass is 9.98. The SMILES string of the molecule is CC(C)C1=C(C#N)CCCN1. The molecule has 0 spiro atoms. The number of nitrogens with one attached hydrogen (secondary N) is 1. The van der Waals surface area contributed by atoms with Gasteiger partial charge in [-0.3, -0.25) is 0 Å². The van der Waals surface area contributed by atoms with Crippen molar-refractivity contribution >= 4 is 0 Å². The average Bonchev–Trinajstić information content (AvgIpc) is 2.04. The van der Waals surface area contributed by atoms with Crippen molar-refractivity contribution in [3.8, 4) is 6.07 Å². The smallest absolute Gasteiger partial charge is 0.0965 e. The highest BCUT2D eigenvalue weighted by Gasteiger charge is 2.13. The normalized spacial score (nSPS) is 18.0. The van der Waals surface area contributed by atoms with E-state index in [1.807, 2.05) is 0 Å². The van der Waals surface area contributed by atoms with Gasteiger partial charge in [-0.1, -0.05) is 13.8 Å². The van der Waals surface area contributed by atoms with E-state index in [4.69, 9.17) is 5.26 Å². The van der Waals surface area contributed by atoms with Gasteiger partial charge in [-0.25, -0.2) is 0 Å². The number of rotatable bonds is 1. The molecule has 0 aromatic rings. The molecule has 1 heterocycles. The molecule has 1 rings (SSSR count). The zero-order valence-corrected chi connectivity index (χ0v) is 7.15. The van der Waals surface area contributed by atoms with Gasteiger partial charge in [0.1, 0.15) is 0 Å². The van der Waals surface area contributed by atoms with Gasteiger partial charge >= 0.3 is 0 Å². The highest BCUT2D eigenvalue weighted by Crippen LogP contribution is 2.19. The Hall–Kier alpha value is -0.970. The number of nitrogens with zero attached hydrogens (tertiary/aromatic N) is 1. The first-order valence-electron chi connectivity index (χ1n) is 4.12. The lowest BCUT2D eigenvalue weighted by Gasteiger charge is -2.20. The fourth-order valence-corrected chi connectivity index (χ4v) is 1.40. The van der Waals surface area contributed by atoms with Crippen molar-refractivity contribution in [1.82, 2.24) is 5.32 Å². The molecule has 0 bridgehead atoms. The molecule has 0 radical (unpaired) electrons. The summed E-state index contributed by atoms with van der Waals surface area (Å²) in [6, 6.07) is 2.25. The third kappa shape index (κ3) is 1.74. The van der Waals surface area contributed by atoms with Crippen molar-refractivity contribution < 1.29 is 0 Å². The van der Waals surface area contributed by atoms with Gasteiger partial charge in [0.25, 0.3) is 0 Å². The van der Waals surface area contributed by atoms with Gasteiger partial charge in [-0.2, -0.15) is 5.26 Å². The Bertz CT molecular complexity index is 208. The summed E-state index contributed by atoms with van der Waals surface area (Å²) >= 11 is 0. The quantitative estimate of drug-likeness (QED) is 0.618. The number of allylic oxidation sites excluding steroid dienone is 2. The molecule has 0 saturated heterocycles. The van der Waals surface area contributed by atoms with Gasteiger partial charge in [0, 0.05) is 17.8 Å². The van der Waals surface area contributed by atoms with E-state index in [9.17, 15) is 0 Å². The van der Waals surface area contributed by atoms with E-state index in [-0.39, 0.29) is 0 Å². The zero-order chi connectivity index (χ0) is 8.27. The van der Waals surface area contributed by atoms with Crippen LogP contribution in [0.5, 0.6) is 0 Å². The lowest BCUT2D eigenvalue weighted by Crippen LogP contribution is -2.24. The zero-order valence-electron chi connectivity index (χ0n) is 7.15. The second kappa shape index (κ2) is 3.43. The topological polar surface area (TPSA) is 35.8 Å². The molecular formula is C9H14N2. The molecule has 1 N–H and O–H groups in total. The second-order valence-corrected chi connectivity index (χ2v) is 3.19. The summed E-state index contributed by atoms with van der Waals surface area (Å²) in [6.07, 6.45) is 2.05. The van der Waals surface area contributed by atoms with Crippen LogP contribution in [-0.2, 0) is 0 Å². The second-order valence-electron chi connectivity index (χ2n) is 3.19. The minimum atomic E-state index is 0.463. The van der Waals surface area contributed by atoms with Crippen LogP contribution in [0.25, 0.3) is 0 Å². The van der Waals surface area contributed by atoms with Crippen molar-refractivity contribution in [2.45, 2.75) is 26.7 Å². The maximum Gasteiger partial charge on any atom is 0.0965 e. The molecular weight excluding hydrogens is 136 g/mol. The van der Waals surface area contributed by atoms with E-state index < -0.39 is 0 Å². The van der Waals surface area contributed by atoms with E-state index in [1.165, 1.54) is 0 Å². The molecule has 60 valence electrons. The highest BCUT2D eigenvalue weighted by molar-refractivity contribution is 5.29. The average molecular weight is 150 g/mol. The van der Waals surface area contributed by atoms with Gasteiger partial charge in [0.05, 0.1) is 6.07 Å². The Kier molecular flexibility index (Phi) is 2.53. The van der Waals surface area contributed by atoms with E-state index >= 15 is 0 Å². The van der Waals surface area contributed by atoms with Gasteiger partial charge in [-0.05, 0) is 18.8 Å². The molecule has 0 aliphatic carbocycles. The van der Waals surface area contributed by atoms with Crippen molar-refractivity contribution in [2.75, 3.05) is 6.54 Å². The van der Waals surface area contributed by atoms with Gasteiger partial charge in [-0.15, -0.1) is 0 Å². The van der Waals surface area contributed by atoms with Crippen LogP contribution in [0.1, 0.15) is 26.7 Å². The van der Waals surface area contributed by atoms with Gasteiger partial charge in [0.2, 0.25) is 0 Å². The molecule has 1 aliphatic rings. The number of nitriles is 1. The van der Waals surface area contributed by atoms with Crippen LogP contribution in [0.2, 0.25) is 0 Å². The maximum atomic E-state index is 8.76. The molecule has 0 atom stereocenters. The molecule has 2 heteroatoms.